The smallest absolute Gasteiger partial charge is 0.253 e. The summed E-state index contributed by atoms with van der Waals surface area (Å²) >= 11 is 0. The van der Waals surface area contributed by atoms with Gasteiger partial charge in [-0.2, -0.15) is 0 Å². The molecule has 13 heavy (non-hydrogen) atoms. The normalized spacial score (nSPS) is 11.5. The fourth-order valence-corrected chi connectivity index (χ4v) is 0.599. The molecule has 0 spiro atoms. The van der Waals surface area contributed by atoms with E-state index < -0.39 is 12.5 Å². The third-order valence-electron chi connectivity index (χ3n) is 1.44. The summed E-state index contributed by atoms with van der Waals surface area (Å²) in [6.07, 6.45) is -1.70. The zero-order valence-electron chi connectivity index (χ0n) is 7.21. The summed E-state index contributed by atoms with van der Waals surface area (Å²) in [6, 6.07) is -1.04. The Hall–Kier alpha value is 0.100. The zero-order chi connectivity index (χ0) is 8.85. The lowest BCUT2D eigenvalue weighted by Crippen LogP contribution is -2.28. The first kappa shape index (κ1) is 18.8. The van der Waals surface area contributed by atoms with Crippen molar-refractivity contribution in [3.63, 3.8) is 0 Å². The van der Waals surface area contributed by atoms with E-state index in [0.717, 1.165) is 5.57 Å². The highest BCUT2D eigenvalue weighted by molar-refractivity contribution is 5.85. The molecule has 0 amide bonds. The van der Waals surface area contributed by atoms with E-state index in [0.29, 0.717) is 13.0 Å². The summed E-state index contributed by atoms with van der Waals surface area (Å²) in [4.78, 5) is 0. The van der Waals surface area contributed by atoms with Gasteiger partial charge in [-0.05, 0) is 12.8 Å². The van der Waals surface area contributed by atoms with Gasteiger partial charge in [-0.3, -0.25) is 0 Å². The van der Waals surface area contributed by atoms with Crippen molar-refractivity contribution in [3.05, 3.63) is 12.2 Å². The number of hydrogen-bond acceptors (Lipinski definition) is 2. The molecule has 0 aliphatic heterocycles. The topological polar surface area (TPSA) is 52.0 Å². The van der Waals surface area contributed by atoms with E-state index in [4.69, 9.17) is 11.5 Å². The van der Waals surface area contributed by atoms with Crippen LogP contribution >= 0.6 is 24.8 Å². The van der Waals surface area contributed by atoms with Crippen LogP contribution in [-0.2, 0) is 0 Å². The van der Waals surface area contributed by atoms with Gasteiger partial charge in [0.2, 0.25) is 0 Å². The lowest BCUT2D eigenvalue weighted by Gasteiger charge is -2.09. The van der Waals surface area contributed by atoms with Gasteiger partial charge in [0.1, 0.15) is 0 Å². The van der Waals surface area contributed by atoms with E-state index in [1.807, 2.05) is 0 Å². The predicted molar refractivity (Wildman–Crippen MR) is 55.9 cm³/mol. The molecule has 82 valence electrons. The van der Waals surface area contributed by atoms with Gasteiger partial charge in [0.25, 0.3) is 6.43 Å². The van der Waals surface area contributed by atoms with E-state index in [2.05, 4.69) is 6.58 Å². The highest BCUT2D eigenvalue weighted by Gasteiger charge is 2.14. The van der Waals surface area contributed by atoms with Gasteiger partial charge in [0, 0.05) is 6.54 Å². The van der Waals surface area contributed by atoms with Crippen molar-refractivity contribution in [2.24, 2.45) is 11.5 Å². The van der Waals surface area contributed by atoms with Gasteiger partial charge in [-0.15, -0.1) is 24.8 Å². The Bertz CT molecular complexity index is 134. The molecule has 0 aromatic rings. The van der Waals surface area contributed by atoms with Crippen molar-refractivity contribution in [1.82, 2.24) is 0 Å². The summed E-state index contributed by atoms with van der Waals surface area (Å²) in [6.45, 7) is 3.92. The lowest BCUT2D eigenvalue weighted by atomic mass is 10.1. The second-order valence-corrected chi connectivity index (χ2v) is 2.49. The largest absolute Gasteiger partial charge is 0.327 e. The van der Waals surface area contributed by atoms with Crippen LogP contribution in [0.15, 0.2) is 12.2 Å². The molecule has 0 bridgehead atoms. The van der Waals surface area contributed by atoms with Crippen LogP contribution in [0.3, 0.4) is 0 Å². The molecule has 0 aliphatic rings. The van der Waals surface area contributed by atoms with Gasteiger partial charge >= 0.3 is 0 Å². The maximum absolute atomic E-state index is 11.8. The summed E-state index contributed by atoms with van der Waals surface area (Å²) in [7, 11) is 0. The van der Waals surface area contributed by atoms with Crippen molar-refractivity contribution in [2.45, 2.75) is 25.3 Å². The molecule has 0 aromatic carbocycles. The average molecular weight is 237 g/mol. The molecule has 0 aliphatic carbocycles. The molecule has 4 N–H and O–H groups in total. The Kier molecular flexibility index (Phi) is 14.7. The number of rotatable bonds is 5. The Balaban J connectivity index is -0.000000500. The molecule has 2 nitrogen and oxygen atoms in total. The van der Waals surface area contributed by atoms with Crippen LogP contribution in [0.2, 0.25) is 0 Å². The van der Waals surface area contributed by atoms with Crippen molar-refractivity contribution < 1.29 is 8.78 Å². The van der Waals surface area contributed by atoms with Crippen LogP contribution in [0, 0.1) is 0 Å². The van der Waals surface area contributed by atoms with E-state index in [9.17, 15) is 8.78 Å². The predicted octanol–water partition coefficient (Wildman–Crippen LogP) is 1.72. The minimum atomic E-state index is -2.44. The summed E-state index contributed by atoms with van der Waals surface area (Å²) in [5.41, 5.74) is 11.1. The third-order valence-corrected chi connectivity index (χ3v) is 1.44. The maximum atomic E-state index is 11.8. The van der Waals surface area contributed by atoms with Crippen LogP contribution in [-0.4, -0.2) is 19.0 Å². The molecule has 0 heterocycles. The molecule has 0 saturated carbocycles. The van der Waals surface area contributed by atoms with Crippen LogP contribution < -0.4 is 11.5 Å². The fraction of sp³-hybridized carbons (Fsp3) is 0.714. The van der Waals surface area contributed by atoms with Crippen LogP contribution in [0.1, 0.15) is 12.8 Å². The molecule has 0 fully saturated rings. The van der Waals surface area contributed by atoms with Crippen molar-refractivity contribution in [3.8, 4) is 0 Å². The second kappa shape index (κ2) is 10.2. The molecule has 0 saturated heterocycles. The SMILES string of the molecule is C=C(CN)CCC(N)C(F)F.Cl.Cl. The Morgan fingerprint density at radius 3 is 2.08 bits per heavy atom. The van der Waals surface area contributed by atoms with Crippen molar-refractivity contribution >= 4 is 24.8 Å². The molecular weight excluding hydrogens is 221 g/mol. The molecule has 0 radical (unpaired) electrons. The summed E-state index contributed by atoms with van der Waals surface area (Å²) < 4.78 is 23.6. The molecular formula is C7H16Cl2F2N2. The zero-order valence-corrected chi connectivity index (χ0v) is 8.84. The van der Waals surface area contributed by atoms with Crippen LogP contribution in [0.4, 0.5) is 8.78 Å². The molecule has 6 heteroatoms. The first-order chi connectivity index (χ1) is 5.07. The minimum Gasteiger partial charge on any atom is -0.327 e. The van der Waals surface area contributed by atoms with Gasteiger partial charge in [-0.1, -0.05) is 12.2 Å². The quantitative estimate of drug-likeness (QED) is 0.715. The van der Waals surface area contributed by atoms with Crippen molar-refractivity contribution in [1.29, 1.82) is 0 Å². The summed E-state index contributed by atoms with van der Waals surface area (Å²) in [5.74, 6) is 0. The monoisotopic (exact) mass is 236 g/mol. The number of hydrogen-bond donors (Lipinski definition) is 2. The van der Waals surface area contributed by atoms with Crippen molar-refractivity contribution in [2.75, 3.05) is 6.54 Å². The van der Waals surface area contributed by atoms with E-state index in [1.54, 1.807) is 0 Å². The highest BCUT2D eigenvalue weighted by Crippen LogP contribution is 2.08. The number of alkyl halides is 2. The minimum absolute atomic E-state index is 0. The van der Waals surface area contributed by atoms with Gasteiger partial charge in [0.15, 0.2) is 0 Å². The van der Waals surface area contributed by atoms with Crippen LogP contribution in [0.5, 0.6) is 0 Å². The maximum Gasteiger partial charge on any atom is 0.253 e. The van der Waals surface area contributed by atoms with E-state index in [1.165, 1.54) is 0 Å². The highest BCUT2D eigenvalue weighted by atomic mass is 35.5. The third kappa shape index (κ3) is 10.0. The molecule has 1 atom stereocenters. The Morgan fingerprint density at radius 2 is 1.77 bits per heavy atom. The van der Waals surface area contributed by atoms with Gasteiger partial charge in [-0.25, -0.2) is 8.78 Å². The van der Waals surface area contributed by atoms with Gasteiger partial charge < -0.3 is 11.5 Å². The standard InChI is InChI=1S/C7H14F2N2.2ClH/c1-5(4-10)2-3-6(11)7(8)9;;/h6-7H,1-4,10-11H2;2*1H. The molecule has 1 unspecified atom stereocenters. The first-order valence-corrected chi connectivity index (χ1v) is 3.48. The van der Waals surface area contributed by atoms with E-state index >= 15 is 0 Å². The molecule has 0 aromatic heterocycles. The van der Waals surface area contributed by atoms with Gasteiger partial charge in [0.05, 0.1) is 6.04 Å². The van der Waals surface area contributed by atoms with E-state index in [-0.39, 0.29) is 31.2 Å². The summed E-state index contributed by atoms with van der Waals surface area (Å²) in [5, 5.41) is 0. The Morgan fingerprint density at radius 1 is 1.31 bits per heavy atom. The van der Waals surface area contributed by atoms with Crippen LogP contribution in [0.25, 0.3) is 0 Å². The number of halogens is 4. The Labute approximate surface area is 89.6 Å². The average Bonchev–Trinajstić information content (AvgIpc) is 1.99. The molecule has 0 rings (SSSR count). The lowest BCUT2D eigenvalue weighted by molar-refractivity contribution is 0.112. The fourth-order valence-electron chi connectivity index (χ4n) is 0.599. The second-order valence-electron chi connectivity index (χ2n) is 2.49. The first-order valence-electron chi connectivity index (χ1n) is 3.48. The number of nitrogens with two attached hydrogens (primary N) is 2.